The van der Waals surface area contributed by atoms with Crippen LogP contribution in [-0.2, 0) is 13.3 Å². The summed E-state index contributed by atoms with van der Waals surface area (Å²) in [5.74, 6) is 0. The highest BCUT2D eigenvalue weighted by Gasteiger charge is 2.43. The lowest BCUT2D eigenvalue weighted by Crippen LogP contribution is -2.57. The molecule has 0 aliphatic carbocycles. The van der Waals surface area contributed by atoms with Gasteiger partial charge in [-0.05, 0) is 26.8 Å². The topological polar surface area (TPSA) is 53.5 Å². The van der Waals surface area contributed by atoms with E-state index in [2.05, 4.69) is 10.2 Å². The third-order valence-electron chi connectivity index (χ3n) is 1.94. The summed E-state index contributed by atoms with van der Waals surface area (Å²) < 4.78 is 17.2. The monoisotopic (exact) mass is 242 g/mol. The summed E-state index contributed by atoms with van der Waals surface area (Å²) in [5.41, 5.74) is 0. The Labute approximate surface area is 97.1 Å². The van der Waals surface area contributed by atoms with Gasteiger partial charge in [-0.15, -0.1) is 0 Å². The average Bonchev–Trinajstić information content (AvgIpc) is 2.31. The van der Waals surface area contributed by atoms with Crippen molar-refractivity contribution in [1.29, 1.82) is 0 Å². The molecule has 0 fully saturated rings. The molecule has 0 saturated carbocycles. The molecule has 0 spiro atoms. The number of aromatic nitrogens is 2. The molecule has 0 aliphatic heterocycles. The molecule has 1 aromatic rings. The maximum absolute atomic E-state index is 5.72. The zero-order valence-electron chi connectivity index (χ0n) is 9.97. The summed E-state index contributed by atoms with van der Waals surface area (Å²) in [6, 6.07) is 1.83. The minimum atomic E-state index is -2.77. The molecular formula is C10H18N2O3Si. The molecule has 0 bridgehead atoms. The zero-order chi connectivity index (χ0) is 11.9. The van der Waals surface area contributed by atoms with Crippen LogP contribution >= 0.6 is 0 Å². The maximum atomic E-state index is 5.72. The molecule has 0 unspecified atom stereocenters. The lowest BCUT2D eigenvalue weighted by molar-refractivity contribution is 0.0858. The van der Waals surface area contributed by atoms with Crippen LogP contribution in [0.15, 0.2) is 18.5 Å². The van der Waals surface area contributed by atoms with E-state index in [4.69, 9.17) is 13.3 Å². The van der Waals surface area contributed by atoms with Gasteiger partial charge in [0.1, 0.15) is 0 Å². The first-order valence-electron chi connectivity index (χ1n) is 5.48. The van der Waals surface area contributed by atoms with Crippen molar-refractivity contribution in [3.8, 4) is 0 Å². The molecule has 0 aromatic carbocycles. The van der Waals surface area contributed by atoms with Crippen molar-refractivity contribution in [1.82, 2.24) is 10.2 Å². The molecule has 0 saturated heterocycles. The smallest absolute Gasteiger partial charge is 0.370 e. The van der Waals surface area contributed by atoms with E-state index < -0.39 is 8.80 Å². The van der Waals surface area contributed by atoms with Crippen LogP contribution in [0.4, 0.5) is 0 Å². The Kier molecular flexibility index (Phi) is 5.54. The molecule has 16 heavy (non-hydrogen) atoms. The Morgan fingerprint density at radius 3 is 1.94 bits per heavy atom. The molecule has 1 rings (SSSR count). The molecule has 0 aliphatic rings. The van der Waals surface area contributed by atoms with E-state index in [0.717, 1.165) is 5.19 Å². The van der Waals surface area contributed by atoms with Gasteiger partial charge < -0.3 is 13.3 Å². The summed E-state index contributed by atoms with van der Waals surface area (Å²) in [7, 11) is -2.77. The van der Waals surface area contributed by atoms with Crippen molar-refractivity contribution in [2.24, 2.45) is 0 Å². The molecular weight excluding hydrogens is 224 g/mol. The van der Waals surface area contributed by atoms with E-state index in [1.54, 1.807) is 12.4 Å². The standard InChI is InChI=1S/C10H18N2O3Si/c1-4-13-16(14-5-2,15-6-3)10-7-8-11-12-9-10/h7-9H,4-6H2,1-3H3. The molecule has 6 heteroatoms. The number of hydrogen-bond donors (Lipinski definition) is 0. The second kappa shape index (κ2) is 6.69. The lowest BCUT2D eigenvalue weighted by atomic mass is 10.6. The van der Waals surface area contributed by atoms with Crippen molar-refractivity contribution in [2.75, 3.05) is 19.8 Å². The first kappa shape index (κ1) is 13.2. The van der Waals surface area contributed by atoms with Gasteiger partial charge in [0, 0.05) is 31.2 Å². The molecule has 0 radical (unpaired) electrons. The molecule has 0 N–H and O–H groups in total. The van der Waals surface area contributed by atoms with E-state index in [0.29, 0.717) is 19.8 Å². The van der Waals surface area contributed by atoms with Gasteiger partial charge in [0.25, 0.3) is 0 Å². The molecule has 5 nitrogen and oxygen atoms in total. The fraction of sp³-hybridized carbons (Fsp3) is 0.600. The van der Waals surface area contributed by atoms with Gasteiger partial charge in [0.2, 0.25) is 0 Å². The van der Waals surface area contributed by atoms with Crippen LogP contribution in [0.2, 0.25) is 0 Å². The Balaban J connectivity index is 2.99. The van der Waals surface area contributed by atoms with Gasteiger partial charge in [-0.2, -0.15) is 10.2 Å². The Bertz CT molecular complexity index is 280. The highest BCUT2D eigenvalue weighted by Crippen LogP contribution is 2.09. The van der Waals surface area contributed by atoms with Crippen molar-refractivity contribution in [2.45, 2.75) is 20.8 Å². The summed E-state index contributed by atoms with van der Waals surface area (Å²) in [4.78, 5) is 0. The number of rotatable bonds is 7. The Morgan fingerprint density at radius 1 is 1.00 bits per heavy atom. The highest BCUT2D eigenvalue weighted by atomic mass is 28.4. The van der Waals surface area contributed by atoms with Crippen molar-refractivity contribution >= 4 is 14.0 Å². The fourth-order valence-corrected chi connectivity index (χ4v) is 3.80. The highest BCUT2D eigenvalue weighted by molar-refractivity contribution is 6.75. The normalized spacial score (nSPS) is 11.7. The molecule has 0 atom stereocenters. The van der Waals surface area contributed by atoms with Gasteiger partial charge >= 0.3 is 8.80 Å². The fourth-order valence-electron chi connectivity index (χ4n) is 1.42. The average molecular weight is 242 g/mol. The van der Waals surface area contributed by atoms with Gasteiger partial charge in [0.15, 0.2) is 0 Å². The van der Waals surface area contributed by atoms with Crippen molar-refractivity contribution in [3.63, 3.8) is 0 Å². The van der Waals surface area contributed by atoms with Crippen LogP contribution in [0, 0.1) is 0 Å². The Hall–Kier alpha value is -0.823. The van der Waals surface area contributed by atoms with Gasteiger partial charge in [-0.1, -0.05) is 0 Å². The number of nitrogens with zero attached hydrogens (tertiary/aromatic N) is 2. The van der Waals surface area contributed by atoms with E-state index >= 15 is 0 Å². The van der Waals surface area contributed by atoms with E-state index in [1.807, 2.05) is 26.8 Å². The quantitative estimate of drug-likeness (QED) is 0.660. The first-order chi connectivity index (χ1) is 7.79. The van der Waals surface area contributed by atoms with Crippen molar-refractivity contribution in [3.05, 3.63) is 18.5 Å². The predicted molar refractivity (Wildman–Crippen MR) is 62.3 cm³/mol. The van der Waals surface area contributed by atoms with Crippen LogP contribution in [-0.4, -0.2) is 38.8 Å². The molecule has 90 valence electrons. The third kappa shape index (κ3) is 3.08. The van der Waals surface area contributed by atoms with Crippen molar-refractivity contribution < 1.29 is 13.3 Å². The summed E-state index contributed by atoms with van der Waals surface area (Å²) >= 11 is 0. The van der Waals surface area contributed by atoms with Gasteiger partial charge in [-0.25, -0.2) is 0 Å². The maximum Gasteiger partial charge on any atom is 0.538 e. The minimum absolute atomic E-state index is 0.550. The van der Waals surface area contributed by atoms with Crippen LogP contribution in [0.3, 0.4) is 0 Å². The summed E-state index contributed by atoms with van der Waals surface area (Å²) in [6.45, 7) is 7.43. The van der Waals surface area contributed by atoms with Crippen LogP contribution in [0.25, 0.3) is 0 Å². The van der Waals surface area contributed by atoms with Gasteiger partial charge in [-0.3, -0.25) is 0 Å². The van der Waals surface area contributed by atoms with Crippen LogP contribution in [0.5, 0.6) is 0 Å². The number of hydrogen-bond acceptors (Lipinski definition) is 5. The second-order valence-corrected chi connectivity index (χ2v) is 5.54. The summed E-state index contributed by atoms with van der Waals surface area (Å²) in [6.07, 6.45) is 3.27. The Morgan fingerprint density at radius 2 is 1.56 bits per heavy atom. The lowest BCUT2D eigenvalue weighted by Gasteiger charge is -2.27. The zero-order valence-corrected chi connectivity index (χ0v) is 11.0. The molecule has 1 aromatic heterocycles. The largest absolute Gasteiger partial charge is 0.538 e. The summed E-state index contributed by atoms with van der Waals surface area (Å²) in [5, 5.41) is 8.44. The second-order valence-electron chi connectivity index (χ2n) is 2.99. The third-order valence-corrected chi connectivity index (χ3v) is 4.95. The van der Waals surface area contributed by atoms with Crippen LogP contribution < -0.4 is 5.19 Å². The van der Waals surface area contributed by atoms with E-state index in [1.165, 1.54) is 0 Å². The van der Waals surface area contributed by atoms with Gasteiger partial charge in [0.05, 0.1) is 6.20 Å². The molecule has 0 amide bonds. The predicted octanol–water partition coefficient (Wildman–Crippen LogP) is 0.732. The minimum Gasteiger partial charge on any atom is -0.370 e. The molecule has 1 heterocycles. The first-order valence-corrected chi connectivity index (χ1v) is 7.20. The van der Waals surface area contributed by atoms with Crippen LogP contribution in [0.1, 0.15) is 20.8 Å². The van der Waals surface area contributed by atoms with E-state index in [-0.39, 0.29) is 0 Å². The SMILES string of the molecule is CCO[Si](OCC)(OCC)c1ccnnc1. The van der Waals surface area contributed by atoms with E-state index in [9.17, 15) is 0 Å².